The average Bonchev–Trinajstić information content (AvgIpc) is 2.67. The number of nitrogens with one attached hydrogen (secondary N) is 1. The van der Waals surface area contributed by atoms with Gasteiger partial charge in [-0.2, -0.15) is 0 Å². The highest BCUT2D eigenvalue weighted by atomic mass is 31.2. The van der Waals surface area contributed by atoms with Gasteiger partial charge in [-0.15, -0.1) is 0 Å². The number of hydrogen-bond donors (Lipinski definition) is 1. The Morgan fingerprint density at radius 1 is 0.962 bits per heavy atom. The number of benzene rings is 2. The molecule has 0 bridgehead atoms. The number of rotatable bonds is 10. The van der Waals surface area contributed by atoms with Crippen LogP contribution in [0.25, 0.3) is 6.08 Å². The van der Waals surface area contributed by atoms with Crippen LogP contribution in [0.3, 0.4) is 0 Å². The van der Waals surface area contributed by atoms with Crippen molar-refractivity contribution in [2.24, 2.45) is 0 Å². The minimum Gasteiger partial charge on any atom is -0.307 e. The zero-order valence-corrected chi connectivity index (χ0v) is 16.6. The Morgan fingerprint density at radius 2 is 1.50 bits per heavy atom. The van der Waals surface area contributed by atoms with Crippen molar-refractivity contribution in [1.82, 2.24) is 5.32 Å². The molecular formula is C21H28NO3P. The SMILES string of the molecule is CCOP(=O)(OCC)C(C)(/C=C/c1ccccc1)NCc1ccccc1. The summed E-state index contributed by atoms with van der Waals surface area (Å²) >= 11 is 0. The molecule has 140 valence electrons. The van der Waals surface area contributed by atoms with Gasteiger partial charge in [0.2, 0.25) is 0 Å². The topological polar surface area (TPSA) is 47.6 Å². The highest BCUT2D eigenvalue weighted by Crippen LogP contribution is 2.59. The third kappa shape index (κ3) is 5.39. The maximum absolute atomic E-state index is 13.5. The lowest BCUT2D eigenvalue weighted by atomic mass is 10.1. The highest BCUT2D eigenvalue weighted by Gasteiger charge is 2.45. The van der Waals surface area contributed by atoms with E-state index in [0.717, 1.165) is 11.1 Å². The summed E-state index contributed by atoms with van der Waals surface area (Å²) in [6.45, 7) is 6.70. The van der Waals surface area contributed by atoms with Gasteiger partial charge in [-0.25, -0.2) is 0 Å². The zero-order chi connectivity index (χ0) is 18.9. The van der Waals surface area contributed by atoms with Crippen molar-refractivity contribution in [3.63, 3.8) is 0 Å². The van der Waals surface area contributed by atoms with Crippen molar-refractivity contribution in [1.29, 1.82) is 0 Å². The van der Waals surface area contributed by atoms with E-state index in [2.05, 4.69) is 5.32 Å². The Kier molecular flexibility index (Phi) is 7.80. The predicted octanol–water partition coefficient (Wildman–Crippen LogP) is 5.47. The zero-order valence-electron chi connectivity index (χ0n) is 15.7. The van der Waals surface area contributed by atoms with Gasteiger partial charge in [-0.1, -0.05) is 72.8 Å². The summed E-state index contributed by atoms with van der Waals surface area (Å²) in [4.78, 5) is 0. The molecule has 2 aromatic rings. The van der Waals surface area contributed by atoms with E-state index in [1.165, 1.54) is 0 Å². The van der Waals surface area contributed by atoms with E-state index in [0.29, 0.717) is 19.8 Å². The van der Waals surface area contributed by atoms with Crippen molar-refractivity contribution < 1.29 is 13.6 Å². The second-order valence-corrected chi connectivity index (χ2v) is 8.50. The summed E-state index contributed by atoms with van der Waals surface area (Å²) in [6.07, 6.45) is 3.83. The van der Waals surface area contributed by atoms with Gasteiger partial charge >= 0.3 is 7.60 Å². The predicted molar refractivity (Wildman–Crippen MR) is 108 cm³/mol. The first kappa shape index (κ1) is 20.6. The minimum atomic E-state index is -3.41. The van der Waals surface area contributed by atoms with Crippen LogP contribution in [0.15, 0.2) is 66.7 Å². The fourth-order valence-corrected chi connectivity index (χ4v) is 4.41. The monoisotopic (exact) mass is 373 g/mol. The molecule has 0 saturated heterocycles. The van der Waals surface area contributed by atoms with E-state index in [-0.39, 0.29) is 0 Å². The Balaban J connectivity index is 2.32. The van der Waals surface area contributed by atoms with Gasteiger partial charge in [0.1, 0.15) is 5.28 Å². The number of hydrogen-bond acceptors (Lipinski definition) is 4. The Labute approximate surface area is 156 Å². The fourth-order valence-electron chi connectivity index (χ4n) is 2.59. The molecule has 1 unspecified atom stereocenters. The van der Waals surface area contributed by atoms with Gasteiger partial charge in [0, 0.05) is 6.54 Å². The van der Waals surface area contributed by atoms with E-state index >= 15 is 0 Å². The molecule has 0 heterocycles. The third-order valence-corrected chi connectivity index (χ3v) is 6.70. The molecule has 1 atom stereocenters. The largest absolute Gasteiger partial charge is 0.354 e. The van der Waals surface area contributed by atoms with Crippen molar-refractivity contribution in [2.75, 3.05) is 13.2 Å². The highest BCUT2D eigenvalue weighted by molar-refractivity contribution is 7.55. The van der Waals surface area contributed by atoms with Gasteiger partial charge in [-0.3, -0.25) is 9.88 Å². The van der Waals surface area contributed by atoms with E-state index < -0.39 is 12.9 Å². The van der Waals surface area contributed by atoms with Gasteiger partial charge in [0.25, 0.3) is 0 Å². The molecule has 0 radical (unpaired) electrons. The van der Waals surface area contributed by atoms with Crippen LogP contribution in [0, 0.1) is 0 Å². The molecular weight excluding hydrogens is 345 g/mol. The molecule has 0 amide bonds. The molecule has 0 saturated carbocycles. The van der Waals surface area contributed by atoms with Crippen LogP contribution in [0.2, 0.25) is 0 Å². The third-order valence-electron chi connectivity index (χ3n) is 4.06. The Morgan fingerprint density at radius 3 is 2.04 bits per heavy atom. The quantitative estimate of drug-likeness (QED) is 0.561. The molecule has 0 spiro atoms. The molecule has 0 aliphatic carbocycles. The van der Waals surface area contributed by atoms with Gasteiger partial charge in [0.05, 0.1) is 13.2 Å². The molecule has 2 rings (SSSR count). The molecule has 0 aliphatic rings. The van der Waals surface area contributed by atoms with E-state index in [1.54, 1.807) is 0 Å². The maximum Gasteiger partial charge on any atom is 0.354 e. The second-order valence-electron chi connectivity index (χ2n) is 6.06. The van der Waals surface area contributed by atoms with Crippen LogP contribution in [0.1, 0.15) is 31.9 Å². The Hall–Kier alpha value is -1.71. The van der Waals surface area contributed by atoms with Crippen LogP contribution < -0.4 is 5.32 Å². The average molecular weight is 373 g/mol. The normalized spacial score (nSPS) is 14.4. The van der Waals surface area contributed by atoms with Gasteiger partial charge in [-0.05, 0) is 31.9 Å². The first-order chi connectivity index (χ1) is 12.5. The van der Waals surface area contributed by atoms with Crippen LogP contribution >= 0.6 is 7.60 Å². The molecule has 5 heteroatoms. The van der Waals surface area contributed by atoms with Crippen molar-refractivity contribution >= 4 is 13.7 Å². The molecule has 0 aliphatic heterocycles. The second kappa shape index (κ2) is 9.84. The molecule has 0 fully saturated rings. The van der Waals surface area contributed by atoms with Crippen LogP contribution in [-0.2, 0) is 20.2 Å². The Bertz CT molecular complexity index is 723. The van der Waals surface area contributed by atoms with Crippen molar-refractivity contribution in [2.45, 2.75) is 32.6 Å². The van der Waals surface area contributed by atoms with E-state index in [1.807, 2.05) is 93.6 Å². The molecule has 2 aromatic carbocycles. The summed E-state index contributed by atoms with van der Waals surface area (Å²) in [5.74, 6) is 0. The van der Waals surface area contributed by atoms with Crippen molar-refractivity contribution in [3.05, 3.63) is 77.9 Å². The lowest BCUT2D eigenvalue weighted by Gasteiger charge is -2.34. The van der Waals surface area contributed by atoms with Crippen molar-refractivity contribution in [3.8, 4) is 0 Å². The smallest absolute Gasteiger partial charge is 0.307 e. The first-order valence-electron chi connectivity index (χ1n) is 8.95. The van der Waals surface area contributed by atoms with Crippen LogP contribution in [0.5, 0.6) is 0 Å². The minimum absolute atomic E-state index is 0.319. The van der Waals surface area contributed by atoms with Crippen LogP contribution in [0.4, 0.5) is 0 Å². The summed E-state index contributed by atoms with van der Waals surface area (Å²) < 4.78 is 24.8. The standard InChI is InChI=1S/C21H28NO3P/c1-4-24-26(23,25-5-2)21(3,17-16-19-12-8-6-9-13-19)22-18-20-14-10-7-11-15-20/h6-17,22H,4-5,18H2,1-3H3/b17-16+. The summed E-state index contributed by atoms with van der Waals surface area (Å²) in [6, 6.07) is 19.9. The summed E-state index contributed by atoms with van der Waals surface area (Å²) in [5, 5.41) is 2.44. The lowest BCUT2D eigenvalue weighted by molar-refractivity contribution is 0.198. The van der Waals surface area contributed by atoms with Gasteiger partial charge in [0.15, 0.2) is 0 Å². The summed E-state index contributed by atoms with van der Waals surface area (Å²) in [5.41, 5.74) is 2.13. The van der Waals surface area contributed by atoms with Gasteiger partial charge < -0.3 is 9.05 Å². The molecule has 26 heavy (non-hydrogen) atoms. The van der Waals surface area contributed by atoms with Crippen LogP contribution in [-0.4, -0.2) is 18.5 Å². The summed E-state index contributed by atoms with van der Waals surface area (Å²) in [7, 11) is -3.41. The van der Waals surface area contributed by atoms with E-state index in [9.17, 15) is 4.57 Å². The first-order valence-corrected chi connectivity index (χ1v) is 10.5. The molecule has 1 N–H and O–H groups in total. The fraction of sp³-hybridized carbons (Fsp3) is 0.333. The molecule has 0 aromatic heterocycles. The maximum atomic E-state index is 13.5. The molecule has 4 nitrogen and oxygen atoms in total. The van der Waals surface area contributed by atoms with E-state index in [4.69, 9.17) is 9.05 Å². The lowest BCUT2D eigenvalue weighted by Crippen LogP contribution is -2.41.